The normalized spacial score (nSPS) is 16.1. The molecule has 1 aliphatic carbocycles. The van der Waals surface area contributed by atoms with E-state index in [0.717, 1.165) is 65.3 Å². The van der Waals surface area contributed by atoms with Gasteiger partial charge in [-0.2, -0.15) is 18.2 Å². The molecular formula is C28H23F3N2O4. The van der Waals surface area contributed by atoms with Crippen LogP contribution in [-0.2, 0) is 22.4 Å². The van der Waals surface area contributed by atoms with E-state index in [2.05, 4.69) is 5.32 Å². The number of nitrogens with one attached hydrogen (secondary N) is 1. The Labute approximate surface area is 211 Å². The summed E-state index contributed by atoms with van der Waals surface area (Å²) in [5, 5.41) is 3.77. The summed E-state index contributed by atoms with van der Waals surface area (Å²) in [6.07, 6.45) is -1.98. The van der Waals surface area contributed by atoms with Crippen molar-refractivity contribution in [2.75, 3.05) is 5.32 Å². The first-order valence-electron chi connectivity index (χ1n) is 11.8. The van der Waals surface area contributed by atoms with Crippen LogP contribution in [0.5, 0.6) is 0 Å². The van der Waals surface area contributed by atoms with Gasteiger partial charge < -0.3 is 10.2 Å². The van der Waals surface area contributed by atoms with Crippen molar-refractivity contribution < 1.29 is 32.4 Å². The number of fused-ring (bicyclic) bond motifs is 1. The summed E-state index contributed by atoms with van der Waals surface area (Å²) >= 11 is 0. The highest BCUT2D eigenvalue weighted by Gasteiger charge is 2.43. The fourth-order valence-corrected chi connectivity index (χ4v) is 4.41. The fraction of sp³-hybridized carbons (Fsp3) is 0.250. The molecule has 1 saturated carbocycles. The van der Waals surface area contributed by atoms with Crippen LogP contribution in [0.15, 0.2) is 66.7 Å². The highest BCUT2D eigenvalue weighted by atomic mass is 19.4. The van der Waals surface area contributed by atoms with Crippen LogP contribution in [0.25, 0.3) is 11.1 Å². The van der Waals surface area contributed by atoms with Crippen molar-refractivity contribution in [3.63, 3.8) is 0 Å². The van der Waals surface area contributed by atoms with Crippen molar-refractivity contribution in [3.8, 4) is 11.1 Å². The van der Waals surface area contributed by atoms with Gasteiger partial charge in [-0.15, -0.1) is 0 Å². The quantitative estimate of drug-likeness (QED) is 0.443. The SMILES string of the molecule is CC1(C(=O)ON2Cc3ccc(-c4ccc(NC(=O)c5ccc(C(F)(F)F)cc5)cc4)cc3C2=O)CCC1. The van der Waals surface area contributed by atoms with Crippen LogP contribution in [0.4, 0.5) is 18.9 Å². The third-order valence-electron chi connectivity index (χ3n) is 6.97. The Hall–Kier alpha value is -4.14. The molecule has 0 bridgehead atoms. The molecule has 3 aromatic rings. The van der Waals surface area contributed by atoms with E-state index >= 15 is 0 Å². The molecule has 5 rings (SSSR count). The summed E-state index contributed by atoms with van der Waals surface area (Å²) in [7, 11) is 0. The van der Waals surface area contributed by atoms with Crippen molar-refractivity contribution in [2.45, 2.75) is 38.9 Å². The molecule has 1 heterocycles. The van der Waals surface area contributed by atoms with Crippen molar-refractivity contribution >= 4 is 23.5 Å². The Morgan fingerprint density at radius 3 is 2.19 bits per heavy atom. The molecule has 0 radical (unpaired) electrons. The van der Waals surface area contributed by atoms with Gasteiger partial charge in [-0.1, -0.05) is 30.7 Å². The molecule has 9 heteroatoms. The lowest BCUT2D eigenvalue weighted by atomic mass is 9.71. The molecule has 0 saturated heterocycles. The van der Waals surface area contributed by atoms with Crippen LogP contribution in [0.2, 0.25) is 0 Å². The monoisotopic (exact) mass is 508 g/mol. The van der Waals surface area contributed by atoms with Gasteiger partial charge in [-0.3, -0.25) is 9.59 Å². The first kappa shape index (κ1) is 24.5. The molecule has 2 amide bonds. The van der Waals surface area contributed by atoms with E-state index in [1.807, 2.05) is 19.1 Å². The smallest absolute Gasteiger partial charge is 0.337 e. The summed E-state index contributed by atoms with van der Waals surface area (Å²) < 4.78 is 38.2. The van der Waals surface area contributed by atoms with Gasteiger partial charge in [0.1, 0.15) is 0 Å². The number of benzene rings is 3. The maximum absolute atomic E-state index is 12.9. The molecule has 1 aliphatic heterocycles. The van der Waals surface area contributed by atoms with Gasteiger partial charge in [0.05, 0.1) is 17.5 Å². The molecule has 2 aliphatic rings. The lowest BCUT2D eigenvalue weighted by Crippen LogP contribution is -2.40. The van der Waals surface area contributed by atoms with Crippen molar-refractivity contribution in [3.05, 3.63) is 89.0 Å². The lowest BCUT2D eigenvalue weighted by Gasteiger charge is -2.36. The second kappa shape index (κ2) is 9.06. The second-order valence-corrected chi connectivity index (χ2v) is 9.61. The largest absolute Gasteiger partial charge is 0.416 e. The van der Waals surface area contributed by atoms with Crippen LogP contribution < -0.4 is 5.32 Å². The molecule has 190 valence electrons. The van der Waals surface area contributed by atoms with Gasteiger partial charge in [0.2, 0.25) is 0 Å². The standard InChI is InChI=1S/C28H23F3N2O4/c1-27(13-2-14-27)26(36)37-33-16-20-4-3-19(15-23(20)25(33)35)17-7-11-22(12-8-17)32-24(34)18-5-9-21(10-6-18)28(29,30)31/h3-12,15H,2,13-14,16H2,1H3,(H,32,34). The number of hydrogen-bond acceptors (Lipinski definition) is 4. The molecule has 0 atom stereocenters. The molecule has 0 aromatic heterocycles. The fourth-order valence-electron chi connectivity index (χ4n) is 4.41. The Morgan fingerprint density at radius 1 is 0.946 bits per heavy atom. The van der Waals surface area contributed by atoms with E-state index in [1.165, 1.54) is 0 Å². The number of halogens is 3. The predicted octanol–water partition coefficient (Wildman–Crippen LogP) is 6.23. The number of carbonyl (C=O) groups excluding carboxylic acids is 3. The van der Waals surface area contributed by atoms with E-state index in [9.17, 15) is 27.6 Å². The van der Waals surface area contributed by atoms with Gasteiger partial charge in [0, 0.05) is 16.8 Å². The average molecular weight is 508 g/mol. The minimum Gasteiger partial charge on any atom is -0.337 e. The molecule has 37 heavy (non-hydrogen) atoms. The summed E-state index contributed by atoms with van der Waals surface area (Å²) in [6, 6.07) is 16.3. The predicted molar refractivity (Wildman–Crippen MR) is 129 cm³/mol. The van der Waals surface area contributed by atoms with Gasteiger partial charge >= 0.3 is 12.1 Å². The summed E-state index contributed by atoms with van der Waals surface area (Å²) in [6.45, 7) is 2.05. The van der Waals surface area contributed by atoms with Crippen LogP contribution in [0, 0.1) is 5.41 Å². The molecule has 1 N–H and O–H groups in total. The number of nitrogens with zero attached hydrogens (tertiary/aromatic N) is 1. The molecule has 0 unspecified atom stereocenters. The van der Waals surface area contributed by atoms with Crippen molar-refractivity contribution in [2.24, 2.45) is 5.41 Å². The first-order valence-corrected chi connectivity index (χ1v) is 11.8. The van der Waals surface area contributed by atoms with Crippen LogP contribution >= 0.6 is 0 Å². The summed E-state index contributed by atoms with van der Waals surface area (Å²) in [5.74, 6) is -1.28. The second-order valence-electron chi connectivity index (χ2n) is 9.61. The topological polar surface area (TPSA) is 75.7 Å². The number of anilines is 1. The van der Waals surface area contributed by atoms with E-state index in [4.69, 9.17) is 4.84 Å². The van der Waals surface area contributed by atoms with Crippen molar-refractivity contribution in [1.82, 2.24) is 5.06 Å². The Kier molecular flexibility index (Phi) is 6.01. The Morgan fingerprint density at radius 2 is 1.59 bits per heavy atom. The molecule has 6 nitrogen and oxygen atoms in total. The van der Waals surface area contributed by atoms with Crippen LogP contribution in [0.3, 0.4) is 0 Å². The zero-order valence-corrected chi connectivity index (χ0v) is 19.9. The minimum absolute atomic E-state index is 0.103. The third-order valence-corrected chi connectivity index (χ3v) is 6.97. The highest BCUT2D eigenvalue weighted by Crippen LogP contribution is 2.42. The molecule has 3 aromatic carbocycles. The number of rotatable bonds is 5. The minimum atomic E-state index is -4.47. The summed E-state index contributed by atoms with van der Waals surface area (Å²) in [4.78, 5) is 43.2. The number of alkyl halides is 3. The maximum atomic E-state index is 12.9. The van der Waals surface area contributed by atoms with Gasteiger partial charge in [0.25, 0.3) is 11.8 Å². The van der Waals surface area contributed by atoms with Gasteiger partial charge in [0.15, 0.2) is 0 Å². The van der Waals surface area contributed by atoms with Crippen LogP contribution in [-0.4, -0.2) is 22.8 Å². The number of hydroxylamine groups is 2. The number of amides is 2. The summed E-state index contributed by atoms with van der Waals surface area (Å²) in [5.41, 5.74) is 2.01. The lowest BCUT2D eigenvalue weighted by molar-refractivity contribution is -0.195. The third kappa shape index (κ3) is 4.81. The van der Waals surface area contributed by atoms with Crippen LogP contribution in [0.1, 0.15) is 58.0 Å². The molecule has 1 fully saturated rings. The molecular weight excluding hydrogens is 485 g/mol. The van der Waals surface area contributed by atoms with E-state index < -0.39 is 23.1 Å². The zero-order valence-electron chi connectivity index (χ0n) is 19.9. The first-order chi connectivity index (χ1) is 17.5. The molecule has 0 spiro atoms. The van der Waals surface area contributed by atoms with Gasteiger partial charge in [-0.25, -0.2) is 4.79 Å². The van der Waals surface area contributed by atoms with E-state index in [1.54, 1.807) is 30.3 Å². The highest BCUT2D eigenvalue weighted by molar-refractivity contribution is 6.04. The number of hydrogen-bond donors (Lipinski definition) is 1. The van der Waals surface area contributed by atoms with Gasteiger partial charge in [-0.05, 0) is 78.9 Å². The Bertz CT molecular complexity index is 1380. The Balaban J connectivity index is 1.25. The maximum Gasteiger partial charge on any atom is 0.416 e. The average Bonchev–Trinajstić information content (AvgIpc) is 3.16. The van der Waals surface area contributed by atoms with E-state index in [-0.39, 0.29) is 24.0 Å². The number of carbonyl (C=O) groups is 3. The van der Waals surface area contributed by atoms with E-state index in [0.29, 0.717) is 11.3 Å². The van der Waals surface area contributed by atoms with Crippen molar-refractivity contribution in [1.29, 1.82) is 0 Å². The zero-order chi connectivity index (χ0) is 26.4.